The Bertz CT molecular complexity index is 399. The largest absolute Gasteiger partial charge is 0.368 e. The summed E-state index contributed by atoms with van der Waals surface area (Å²) in [5.41, 5.74) is -0.0501. The van der Waals surface area contributed by atoms with Crippen LogP contribution in [-0.2, 0) is 0 Å². The third kappa shape index (κ3) is 8.37. The van der Waals surface area contributed by atoms with E-state index in [4.69, 9.17) is 0 Å². The lowest BCUT2D eigenvalue weighted by atomic mass is 9.79. The Hall–Kier alpha value is -0.640. The van der Waals surface area contributed by atoms with Gasteiger partial charge in [0.05, 0.1) is 5.70 Å². The predicted molar refractivity (Wildman–Crippen MR) is 109 cm³/mol. The van der Waals surface area contributed by atoms with Gasteiger partial charge in [-0.25, -0.2) is 8.78 Å². The smallest absolute Gasteiger partial charge is 0.284 e. The van der Waals surface area contributed by atoms with Gasteiger partial charge in [0, 0.05) is 39.1 Å². The van der Waals surface area contributed by atoms with E-state index in [1.807, 2.05) is 0 Å². The Labute approximate surface area is 161 Å². The number of hydrogen-bond donors (Lipinski definition) is 0. The lowest BCUT2D eigenvalue weighted by Gasteiger charge is -2.39. The molecule has 154 valence electrons. The molecule has 0 bridgehead atoms. The van der Waals surface area contributed by atoms with Crippen LogP contribution in [-0.4, -0.2) is 47.9 Å². The first-order valence-corrected chi connectivity index (χ1v) is 10.6. The molecule has 1 aliphatic carbocycles. The van der Waals surface area contributed by atoms with Gasteiger partial charge in [0.15, 0.2) is 0 Å². The zero-order chi connectivity index (χ0) is 19.9. The van der Waals surface area contributed by atoms with Crippen LogP contribution in [0.15, 0.2) is 12.3 Å². The normalized spacial score (nSPS) is 25.2. The van der Waals surface area contributed by atoms with E-state index in [1.165, 1.54) is 32.1 Å². The van der Waals surface area contributed by atoms with Crippen molar-refractivity contribution in [1.82, 2.24) is 9.80 Å². The van der Waals surface area contributed by atoms with Gasteiger partial charge in [-0.05, 0) is 38.0 Å². The van der Waals surface area contributed by atoms with Crippen LogP contribution >= 0.6 is 0 Å². The molecule has 1 aliphatic heterocycles. The topological polar surface area (TPSA) is 6.48 Å². The molecule has 2 fully saturated rings. The minimum absolute atomic E-state index is 0.0501. The Kier molecular flexibility index (Phi) is 9.57. The van der Waals surface area contributed by atoms with Gasteiger partial charge in [0.1, 0.15) is 0 Å². The molecule has 0 unspecified atom stereocenters. The van der Waals surface area contributed by atoms with Crippen molar-refractivity contribution in [2.45, 2.75) is 85.6 Å². The van der Waals surface area contributed by atoms with Crippen molar-refractivity contribution in [3.05, 3.63) is 12.3 Å². The van der Waals surface area contributed by atoms with Crippen LogP contribution in [0.1, 0.15) is 73.6 Å². The van der Waals surface area contributed by atoms with E-state index in [0.717, 1.165) is 37.8 Å². The second-order valence-corrected chi connectivity index (χ2v) is 9.21. The first-order valence-electron chi connectivity index (χ1n) is 10.6. The average molecular weight is 373 g/mol. The molecule has 26 heavy (non-hydrogen) atoms. The molecule has 1 saturated carbocycles. The molecular weight excluding hydrogens is 330 g/mol. The molecule has 2 aliphatic rings. The summed E-state index contributed by atoms with van der Waals surface area (Å²) in [4.78, 5) is 3.98. The van der Waals surface area contributed by atoms with Gasteiger partial charge in [-0.1, -0.05) is 53.0 Å². The highest BCUT2D eigenvalue weighted by Gasteiger charge is 2.32. The molecule has 0 aromatic heterocycles. The van der Waals surface area contributed by atoms with Crippen LogP contribution in [0.5, 0.6) is 0 Å². The summed E-state index contributed by atoms with van der Waals surface area (Å²) in [7, 11) is 0. The molecule has 1 heterocycles. The fraction of sp³-hybridized carbons (Fsp3) is 0.909. The summed E-state index contributed by atoms with van der Waals surface area (Å²) >= 11 is 0. The third-order valence-corrected chi connectivity index (χ3v) is 5.87. The molecule has 0 aromatic rings. The summed E-state index contributed by atoms with van der Waals surface area (Å²) in [5.74, 6) is 0.193. The SMILES string of the molecule is C=C(N1CCN(C(C)C)CC1)C(C)(F)F.CC(C)CC1CCC(C)CC1. The van der Waals surface area contributed by atoms with E-state index < -0.39 is 5.92 Å². The number of halogens is 2. The Morgan fingerprint density at radius 3 is 1.88 bits per heavy atom. The molecule has 2 rings (SSSR count). The standard InChI is InChI=1S/C11H20F2N2.C11H22/c1-9(2)14-5-7-15(8-6-14)10(3)11(4,12)13;1-9(2)8-11-6-4-10(3)5-7-11/h9H,3,5-8H2,1-2,4H3;9-11H,4-8H2,1-3H3. The highest BCUT2D eigenvalue weighted by atomic mass is 19.3. The molecule has 0 amide bonds. The number of allylic oxidation sites excluding steroid dienone is 1. The van der Waals surface area contributed by atoms with Crippen LogP contribution in [0.4, 0.5) is 8.78 Å². The van der Waals surface area contributed by atoms with Gasteiger partial charge < -0.3 is 4.90 Å². The Morgan fingerprint density at radius 1 is 1.00 bits per heavy atom. The fourth-order valence-electron chi connectivity index (χ4n) is 4.02. The van der Waals surface area contributed by atoms with Gasteiger partial charge in [-0.15, -0.1) is 0 Å². The van der Waals surface area contributed by atoms with Gasteiger partial charge in [0.25, 0.3) is 5.92 Å². The number of nitrogens with zero attached hydrogens (tertiary/aromatic N) is 2. The summed E-state index contributed by atoms with van der Waals surface area (Å²) in [6.45, 7) is 18.7. The molecule has 0 atom stereocenters. The van der Waals surface area contributed by atoms with E-state index in [9.17, 15) is 8.78 Å². The maximum atomic E-state index is 13.0. The number of piperazine rings is 1. The van der Waals surface area contributed by atoms with Gasteiger partial charge in [0.2, 0.25) is 0 Å². The average Bonchev–Trinajstić information content (AvgIpc) is 2.56. The Morgan fingerprint density at radius 2 is 1.50 bits per heavy atom. The molecule has 0 aromatic carbocycles. The molecule has 4 heteroatoms. The van der Waals surface area contributed by atoms with Crippen molar-refractivity contribution in [3.63, 3.8) is 0 Å². The predicted octanol–water partition coefficient (Wildman–Crippen LogP) is 6.04. The van der Waals surface area contributed by atoms with Gasteiger partial charge in [-0.3, -0.25) is 4.90 Å². The van der Waals surface area contributed by atoms with Crippen LogP contribution in [0.25, 0.3) is 0 Å². The van der Waals surface area contributed by atoms with E-state index in [2.05, 4.69) is 46.1 Å². The highest BCUT2D eigenvalue weighted by molar-refractivity contribution is 5.05. The number of rotatable bonds is 5. The first-order chi connectivity index (χ1) is 12.0. The van der Waals surface area contributed by atoms with Crippen molar-refractivity contribution in [2.24, 2.45) is 17.8 Å². The van der Waals surface area contributed by atoms with E-state index in [0.29, 0.717) is 19.1 Å². The van der Waals surface area contributed by atoms with Gasteiger partial charge in [-0.2, -0.15) is 0 Å². The highest BCUT2D eigenvalue weighted by Crippen LogP contribution is 2.32. The lowest BCUT2D eigenvalue weighted by molar-refractivity contribution is 0.0164. The summed E-state index contributed by atoms with van der Waals surface area (Å²) in [6.07, 6.45) is 7.43. The van der Waals surface area contributed by atoms with Crippen LogP contribution in [0.2, 0.25) is 0 Å². The van der Waals surface area contributed by atoms with E-state index in [-0.39, 0.29) is 5.70 Å². The fourth-order valence-corrected chi connectivity index (χ4v) is 4.02. The van der Waals surface area contributed by atoms with Crippen LogP contribution in [0, 0.1) is 17.8 Å². The van der Waals surface area contributed by atoms with Crippen molar-refractivity contribution >= 4 is 0 Å². The second-order valence-electron chi connectivity index (χ2n) is 9.21. The maximum Gasteiger partial charge on any atom is 0.284 e. The molecule has 0 spiro atoms. The van der Waals surface area contributed by atoms with E-state index in [1.54, 1.807) is 4.90 Å². The minimum atomic E-state index is -2.79. The molecule has 0 N–H and O–H groups in total. The minimum Gasteiger partial charge on any atom is -0.368 e. The quantitative estimate of drug-likeness (QED) is 0.580. The lowest BCUT2D eigenvalue weighted by Crippen LogP contribution is -2.49. The maximum absolute atomic E-state index is 13.0. The molecule has 1 saturated heterocycles. The van der Waals surface area contributed by atoms with Crippen molar-refractivity contribution in [3.8, 4) is 0 Å². The molecular formula is C22H42F2N2. The first kappa shape index (κ1) is 23.4. The summed E-state index contributed by atoms with van der Waals surface area (Å²) < 4.78 is 26.0. The van der Waals surface area contributed by atoms with E-state index >= 15 is 0 Å². The van der Waals surface area contributed by atoms with Crippen molar-refractivity contribution < 1.29 is 8.78 Å². The zero-order valence-corrected chi connectivity index (χ0v) is 18.0. The number of alkyl halides is 2. The molecule has 0 radical (unpaired) electrons. The molecule has 2 nitrogen and oxygen atoms in total. The Balaban J connectivity index is 0.000000273. The summed E-state index contributed by atoms with van der Waals surface area (Å²) in [5, 5.41) is 0. The van der Waals surface area contributed by atoms with Crippen molar-refractivity contribution in [1.29, 1.82) is 0 Å². The monoisotopic (exact) mass is 372 g/mol. The zero-order valence-electron chi connectivity index (χ0n) is 18.0. The van der Waals surface area contributed by atoms with Crippen molar-refractivity contribution in [2.75, 3.05) is 26.2 Å². The third-order valence-electron chi connectivity index (χ3n) is 5.87. The number of hydrogen-bond acceptors (Lipinski definition) is 2. The van der Waals surface area contributed by atoms with Gasteiger partial charge >= 0.3 is 0 Å². The van der Waals surface area contributed by atoms with Crippen LogP contribution in [0.3, 0.4) is 0 Å². The van der Waals surface area contributed by atoms with Crippen LogP contribution < -0.4 is 0 Å². The second kappa shape index (κ2) is 10.6. The summed E-state index contributed by atoms with van der Waals surface area (Å²) in [6, 6.07) is 0.488.